The van der Waals surface area contributed by atoms with Crippen LogP contribution in [0.2, 0.25) is 0 Å². The zero-order valence-corrected chi connectivity index (χ0v) is 17.4. The Hall–Kier alpha value is -4.17. The number of aromatic nitrogens is 5. The van der Waals surface area contributed by atoms with Gasteiger partial charge in [-0.05, 0) is 12.1 Å². The summed E-state index contributed by atoms with van der Waals surface area (Å²) in [7, 11) is 1.42. The van der Waals surface area contributed by atoms with Crippen LogP contribution in [0, 0.1) is 0 Å². The molecule has 178 valence electrons. The van der Waals surface area contributed by atoms with Crippen LogP contribution in [-0.4, -0.2) is 58.7 Å². The van der Waals surface area contributed by atoms with E-state index in [1.165, 1.54) is 48.2 Å². The summed E-state index contributed by atoms with van der Waals surface area (Å²) in [5.74, 6) is -0.585. The number of carbonyl (C=O) groups is 1. The number of hydrogen-bond donors (Lipinski definition) is 5. The number of aliphatic hydroxyl groups excluding tert-OH is 1. The first kappa shape index (κ1) is 23.0. The van der Waals surface area contributed by atoms with Crippen LogP contribution >= 0.6 is 0 Å². The SMILES string of the molecule is CNC(=O)c1ccc(Nc2nccn3c(-c4cn(CC(O)O)nc4C(F)(F)F)cnc23)cc1O. The van der Waals surface area contributed by atoms with Gasteiger partial charge < -0.3 is 26.0 Å². The summed E-state index contributed by atoms with van der Waals surface area (Å²) >= 11 is 0. The van der Waals surface area contributed by atoms with Crippen LogP contribution in [0.25, 0.3) is 16.9 Å². The molecule has 1 aromatic carbocycles. The summed E-state index contributed by atoms with van der Waals surface area (Å²) in [5, 5.41) is 37.1. The highest BCUT2D eigenvalue weighted by molar-refractivity contribution is 5.97. The normalized spacial score (nSPS) is 11.9. The van der Waals surface area contributed by atoms with Crippen LogP contribution in [0.5, 0.6) is 5.75 Å². The lowest BCUT2D eigenvalue weighted by Crippen LogP contribution is -2.17. The molecule has 5 N–H and O–H groups in total. The molecule has 0 saturated carbocycles. The molecule has 0 unspecified atom stereocenters. The van der Waals surface area contributed by atoms with Gasteiger partial charge in [0.15, 0.2) is 23.4 Å². The summed E-state index contributed by atoms with van der Waals surface area (Å²) in [5.41, 5.74) is -0.885. The summed E-state index contributed by atoms with van der Waals surface area (Å²) in [4.78, 5) is 20.1. The first-order valence-corrected chi connectivity index (χ1v) is 9.74. The van der Waals surface area contributed by atoms with Gasteiger partial charge in [0.1, 0.15) is 5.75 Å². The zero-order chi connectivity index (χ0) is 24.6. The number of nitrogens with one attached hydrogen (secondary N) is 2. The molecule has 0 fully saturated rings. The molecule has 0 aliphatic rings. The molecular formula is C20H18F3N7O4. The van der Waals surface area contributed by atoms with Crippen molar-refractivity contribution in [3.05, 3.63) is 54.2 Å². The van der Waals surface area contributed by atoms with E-state index >= 15 is 0 Å². The Kier molecular flexibility index (Phi) is 5.85. The first-order valence-electron chi connectivity index (χ1n) is 9.74. The molecule has 0 bridgehead atoms. The van der Waals surface area contributed by atoms with Crippen molar-refractivity contribution in [3.63, 3.8) is 0 Å². The molecule has 1 amide bonds. The number of aliphatic hydroxyl groups is 2. The minimum atomic E-state index is -4.80. The molecule has 4 aromatic rings. The average molecular weight is 477 g/mol. The summed E-state index contributed by atoms with van der Waals surface area (Å²) < 4.78 is 43.0. The number of anilines is 2. The fourth-order valence-corrected chi connectivity index (χ4v) is 3.36. The third kappa shape index (κ3) is 4.35. The molecular weight excluding hydrogens is 459 g/mol. The quantitative estimate of drug-likeness (QED) is 0.264. The van der Waals surface area contributed by atoms with Gasteiger partial charge in [-0.2, -0.15) is 18.3 Å². The molecule has 34 heavy (non-hydrogen) atoms. The lowest BCUT2D eigenvalue weighted by molar-refractivity contribution is -0.141. The third-order valence-electron chi connectivity index (χ3n) is 4.82. The van der Waals surface area contributed by atoms with E-state index < -0.39 is 30.6 Å². The van der Waals surface area contributed by atoms with E-state index in [2.05, 4.69) is 25.7 Å². The van der Waals surface area contributed by atoms with Crippen molar-refractivity contribution in [3.8, 4) is 17.0 Å². The number of imidazole rings is 1. The number of phenolic OH excluding ortho intramolecular Hbond substituents is 1. The number of fused-ring (bicyclic) bond motifs is 1. The zero-order valence-electron chi connectivity index (χ0n) is 17.4. The number of aromatic hydroxyl groups is 1. The van der Waals surface area contributed by atoms with Gasteiger partial charge in [0.25, 0.3) is 5.91 Å². The maximum Gasteiger partial charge on any atom is 0.435 e. The van der Waals surface area contributed by atoms with E-state index in [0.717, 1.165) is 10.9 Å². The lowest BCUT2D eigenvalue weighted by atomic mass is 10.1. The maximum absolute atomic E-state index is 13.6. The van der Waals surface area contributed by atoms with E-state index in [4.69, 9.17) is 10.2 Å². The van der Waals surface area contributed by atoms with Gasteiger partial charge in [-0.15, -0.1) is 0 Å². The van der Waals surface area contributed by atoms with Gasteiger partial charge in [-0.3, -0.25) is 13.9 Å². The maximum atomic E-state index is 13.6. The Balaban J connectivity index is 1.74. The van der Waals surface area contributed by atoms with Crippen molar-refractivity contribution in [2.24, 2.45) is 0 Å². The molecule has 0 spiro atoms. The van der Waals surface area contributed by atoms with Gasteiger partial charge in [0, 0.05) is 37.4 Å². The van der Waals surface area contributed by atoms with Crippen molar-refractivity contribution in [1.29, 1.82) is 0 Å². The van der Waals surface area contributed by atoms with Gasteiger partial charge in [-0.25, -0.2) is 9.97 Å². The highest BCUT2D eigenvalue weighted by atomic mass is 19.4. The molecule has 0 aliphatic heterocycles. The smallest absolute Gasteiger partial charge is 0.435 e. The second-order valence-corrected chi connectivity index (χ2v) is 7.14. The molecule has 14 heteroatoms. The van der Waals surface area contributed by atoms with E-state index in [1.807, 2.05) is 0 Å². The van der Waals surface area contributed by atoms with E-state index in [1.54, 1.807) is 0 Å². The Morgan fingerprint density at radius 3 is 2.65 bits per heavy atom. The van der Waals surface area contributed by atoms with Gasteiger partial charge in [0.05, 0.1) is 29.6 Å². The fraction of sp³-hybridized carbons (Fsp3) is 0.200. The number of alkyl halides is 3. The van der Waals surface area contributed by atoms with Crippen molar-refractivity contribution >= 4 is 23.1 Å². The molecule has 3 aromatic heterocycles. The van der Waals surface area contributed by atoms with Gasteiger partial charge in [0.2, 0.25) is 0 Å². The minimum Gasteiger partial charge on any atom is -0.507 e. The Morgan fingerprint density at radius 2 is 2.00 bits per heavy atom. The third-order valence-corrected chi connectivity index (χ3v) is 4.82. The van der Waals surface area contributed by atoms with E-state index in [0.29, 0.717) is 5.69 Å². The molecule has 0 radical (unpaired) electrons. The van der Waals surface area contributed by atoms with E-state index in [-0.39, 0.29) is 34.0 Å². The van der Waals surface area contributed by atoms with Crippen LogP contribution in [-0.2, 0) is 12.7 Å². The predicted molar refractivity (Wildman–Crippen MR) is 112 cm³/mol. The molecule has 0 aliphatic carbocycles. The van der Waals surface area contributed by atoms with Gasteiger partial charge in [-0.1, -0.05) is 0 Å². The largest absolute Gasteiger partial charge is 0.507 e. The number of carbonyl (C=O) groups excluding carboxylic acids is 1. The molecule has 4 rings (SSSR count). The molecule has 3 heterocycles. The average Bonchev–Trinajstić information content (AvgIpc) is 3.37. The van der Waals surface area contributed by atoms with Crippen LogP contribution < -0.4 is 10.6 Å². The van der Waals surface area contributed by atoms with Gasteiger partial charge >= 0.3 is 6.18 Å². The topological polar surface area (TPSA) is 150 Å². The van der Waals surface area contributed by atoms with Crippen LogP contribution in [0.3, 0.4) is 0 Å². The van der Waals surface area contributed by atoms with Crippen LogP contribution in [0.15, 0.2) is 43.0 Å². The molecule has 0 atom stereocenters. The van der Waals surface area contributed by atoms with Crippen molar-refractivity contribution in [2.75, 3.05) is 12.4 Å². The molecule has 11 nitrogen and oxygen atoms in total. The highest BCUT2D eigenvalue weighted by Crippen LogP contribution is 2.37. The minimum absolute atomic E-state index is 0.0456. The molecule has 0 saturated heterocycles. The standard InChI is InChI=1S/C20H18F3N7O4/c1-24-19(34)11-3-2-10(6-14(11)31)27-17-18-26-7-13(30(18)5-4-25-17)12-8-29(9-15(32)33)28-16(12)20(21,22)23/h2-8,15,31-33H,9H2,1H3,(H,24,34)(H,25,27). The predicted octanol–water partition coefficient (Wildman–Crippen LogP) is 1.73. The van der Waals surface area contributed by atoms with Crippen LogP contribution in [0.4, 0.5) is 24.7 Å². The number of rotatable bonds is 6. The highest BCUT2D eigenvalue weighted by Gasteiger charge is 2.38. The Bertz CT molecular complexity index is 1360. The number of amides is 1. The van der Waals surface area contributed by atoms with Crippen LogP contribution in [0.1, 0.15) is 16.1 Å². The van der Waals surface area contributed by atoms with Crippen molar-refractivity contribution in [2.45, 2.75) is 19.0 Å². The van der Waals surface area contributed by atoms with Crippen molar-refractivity contribution < 1.29 is 33.3 Å². The second kappa shape index (κ2) is 8.64. The number of hydrogen-bond acceptors (Lipinski definition) is 8. The number of benzene rings is 1. The summed E-state index contributed by atoms with van der Waals surface area (Å²) in [6.07, 6.45) is -1.68. The monoisotopic (exact) mass is 477 g/mol. The number of nitrogens with zero attached hydrogens (tertiary/aromatic N) is 5. The number of halogens is 3. The number of phenols is 1. The first-order chi connectivity index (χ1) is 16.1. The Labute approximate surface area is 189 Å². The summed E-state index contributed by atoms with van der Waals surface area (Å²) in [6, 6.07) is 4.21. The lowest BCUT2D eigenvalue weighted by Gasteiger charge is -2.10. The summed E-state index contributed by atoms with van der Waals surface area (Å²) in [6.45, 7) is -0.552. The fourth-order valence-electron chi connectivity index (χ4n) is 3.36. The Morgan fingerprint density at radius 1 is 1.24 bits per heavy atom. The van der Waals surface area contributed by atoms with Crippen molar-refractivity contribution in [1.82, 2.24) is 29.5 Å². The van der Waals surface area contributed by atoms with E-state index in [9.17, 15) is 23.1 Å². The second-order valence-electron chi connectivity index (χ2n) is 7.14.